The molecule has 2 rings (SSSR count). The Balaban J connectivity index is 2.34. The zero-order valence-electron chi connectivity index (χ0n) is 7.08. The Bertz CT molecular complexity index is 411. The van der Waals surface area contributed by atoms with Crippen molar-refractivity contribution in [1.29, 1.82) is 0 Å². The van der Waals surface area contributed by atoms with Gasteiger partial charge in [0.15, 0.2) is 5.01 Å². The van der Waals surface area contributed by atoms with Gasteiger partial charge in [0, 0.05) is 10.9 Å². The van der Waals surface area contributed by atoms with Crippen LogP contribution in [0.2, 0.25) is 0 Å². The summed E-state index contributed by atoms with van der Waals surface area (Å²) in [7, 11) is 0. The second-order valence-electron chi connectivity index (χ2n) is 2.66. The number of aromatic nitrogens is 1. The van der Waals surface area contributed by atoms with Crippen LogP contribution in [0.1, 0.15) is 11.4 Å². The van der Waals surface area contributed by atoms with E-state index in [-0.39, 0.29) is 5.01 Å². The zero-order chi connectivity index (χ0) is 9.97. The molecule has 1 nitrogen and oxygen atoms in total. The molecule has 0 spiro atoms. The molecule has 0 saturated heterocycles. The van der Waals surface area contributed by atoms with Crippen molar-refractivity contribution in [1.82, 2.24) is 4.98 Å². The highest BCUT2D eigenvalue weighted by Gasteiger charge is 2.12. The van der Waals surface area contributed by atoms with Crippen LogP contribution in [0.3, 0.4) is 0 Å². The number of alkyl halides is 2. The molecule has 0 N–H and O–H groups in total. The molecule has 0 amide bonds. The molecule has 0 saturated carbocycles. The summed E-state index contributed by atoms with van der Waals surface area (Å²) in [6, 6.07) is 9.92. The van der Waals surface area contributed by atoms with Crippen molar-refractivity contribution in [2.75, 3.05) is 0 Å². The predicted octanol–water partition coefficient (Wildman–Crippen LogP) is 3.55. The van der Waals surface area contributed by atoms with Gasteiger partial charge in [-0.2, -0.15) is 0 Å². The molecule has 4 heteroatoms. The van der Waals surface area contributed by atoms with Gasteiger partial charge in [-0.15, -0.1) is 11.3 Å². The second-order valence-corrected chi connectivity index (χ2v) is 3.55. The Morgan fingerprint density at radius 3 is 2.57 bits per heavy atom. The molecule has 1 radical (unpaired) electrons. The molecule has 0 aliphatic carbocycles. The molecule has 0 aliphatic heterocycles. The number of rotatable bonds is 2. The Morgan fingerprint density at radius 1 is 1.29 bits per heavy atom. The van der Waals surface area contributed by atoms with Crippen molar-refractivity contribution in [3.8, 4) is 11.3 Å². The van der Waals surface area contributed by atoms with E-state index in [2.05, 4.69) is 11.1 Å². The monoisotopic (exact) mass is 210 g/mol. The van der Waals surface area contributed by atoms with Crippen LogP contribution in [-0.2, 0) is 0 Å². The number of nitrogens with zero attached hydrogens (tertiary/aromatic N) is 1. The lowest BCUT2D eigenvalue weighted by molar-refractivity contribution is 0.151. The Kier molecular flexibility index (Phi) is 2.54. The van der Waals surface area contributed by atoms with Crippen molar-refractivity contribution >= 4 is 11.3 Å². The fraction of sp³-hybridized carbons (Fsp3) is 0.100. The molecule has 1 heterocycles. The van der Waals surface area contributed by atoms with E-state index in [1.165, 1.54) is 0 Å². The minimum Gasteiger partial charge on any atom is -0.235 e. The maximum Gasteiger partial charge on any atom is 0.289 e. The number of benzene rings is 1. The van der Waals surface area contributed by atoms with Crippen molar-refractivity contribution in [3.63, 3.8) is 0 Å². The van der Waals surface area contributed by atoms with Gasteiger partial charge >= 0.3 is 0 Å². The molecule has 0 unspecified atom stereocenters. The van der Waals surface area contributed by atoms with Gasteiger partial charge in [0.2, 0.25) is 0 Å². The second kappa shape index (κ2) is 3.84. The van der Waals surface area contributed by atoms with Crippen LogP contribution in [0, 0.1) is 6.07 Å². The Morgan fingerprint density at radius 2 is 2.00 bits per heavy atom. The van der Waals surface area contributed by atoms with Gasteiger partial charge in [-0.1, -0.05) is 24.3 Å². The SMILES string of the molecule is FC(F)c1nc(-c2cc[c]cc2)cs1. The lowest BCUT2D eigenvalue weighted by atomic mass is 10.2. The Labute approximate surface area is 84.0 Å². The minimum atomic E-state index is -2.48. The normalized spacial score (nSPS) is 10.8. The highest BCUT2D eigenvalue weighted by molar-refractivity contribution is 7.10. The average Bonchev–Trinajstić information content (AvgIpc) is 2.68. The van der Waals surface area contributed by atoms with E-state index >= 15 is 0 Å². The van der Waals surface area contributed by atoms with Crippen LogP contribution >= 0.6 is 11.3 Å². The van der Waals surface area contributed by atoms with Crippen LogP contribution in [-0.4, -0.2) is 4.98 Å². The highest BCUT2D eigenvalue weighted by atomic mass is 32.1. The molecule has 0 fully saturated rings. The van der Waals surface area contributed by atoms with Crippen molar-refractivity contribution in [2.24, 2.45) is 0 Å². The highest BCUT2D eigenvalue weighted by Crippen LogP contribution is 2.27. The third-order valence-corrected chi connectivity index (χ3v) is 2.57. The quantitative estimate of drug-likeness (QED) is 0.738. The smallest absolute Gasteiger partial charge is 0.235 e. The fourth-order valence-corrected chi connectivity index (χ4v) is 1.75. The van der Waals surface area contributed by atoms with Gasteiger partial charge in [0.1, 0.15) is 0 Å². The average molecular weight is 210 g/mol. The van der Waals surface area contributed by atoms with Crippen LogP contribution in [0.25, 0.3) is 11.3 Å². The maximum absolute atomic E-state index is 12.2. The van der Waals surface area contributed by atoms with Crippen molar-refractivity contribution in [2.45, 2.75) is 6.43 Å². The molecule has 1 aromatic carbocycles. The third-order valence-electron chi connectivity index (χ3n) is 1.72. The molecular weight excluding hydrogens is 204 g/mol. The lowest BCUT2D eigenvalue weighted by Crippen LogP contribution is -1.82. The topological polar surface area (TPSA) is 12.9 Å². The largest absolute Gasteiger partial charge is 0.289 e. The van der Waals surface area contributed by atoms with E-state index in [0.717, 1.165) is 16.9 Å². The van der Waals surface area contributed by atoms with E-state index in [1.807, 2.05) is 0 Å². The van der Waals surface area contributed by atoms with E-state index < -0.39 is 6.43 Å². The maximum atomic E-state index is 12.2. The summed E-state index contributed by atoms with van der Waals surface area (Å²) in [5, 5.41) is 1.50. The number of hydrogen-bond donors (Lipinski definition) is 0. The van der Waals surface area contributed by atoms with Crippen LogP contribution in [0.5, 0.6) is 0 Å². The minimum absolute atomic E-state index is 0.132. The van der Waals surface area contributed by atoms with Gasteiger partial charge in [0.05, 0.1) is 5.69 Å². The molecule has 2 aromatic rings. The lowest BCUT2D eigenvalue weighted by Gasteiger charge is -1.93. The standard InChI is InChI=1S/C10H6F2NS/c11-9(12)10-13-8(6-14-10)7-4-2-1-3-5-7/h2-6,9H. The van der Waals surface area contributed by atoms with E-state index in [1.54, 1.807) is 29.6 Å². The van der Waals surface area contributed by atoms with Crippen LogP contribution in [0.15, 0.2) is 29.6 Å². The zero-order valence-corrected chi connectivity index (χ0v) is 7.89. The summed E-state index contributed by atoms with van der Waals surface area (Å²) in [5.41, 5.74) is 1.44. The summed E-state index contributed by atoms with van der Waals surface area (Å²) < 4.78 is 24.5. The van der Waals surface area contributed by atoms with Gasteiger partial charge in [-0.3, -0.25) is 0 Å². The number of hydrogen-bond acceptors (Lipinski definition) is 2. The first kappa shape index (κ1) is 9.27. The number of halogens is 2. The molecular formula is C10H6F2NS. The molecule has 0 atom stereocenters. The molecule has 71 valence electrons. The van der Waals surface area contributed by atoms with Gasteiger partial charge in [-0.25, -0.2) is 13.8 Å². The molecule has 1 aromatic heterocycles. The summed E-state index contributed by atoms with van der Waals surface area (Å²) in [6.07, 6.45) is -2.48. The summed E-state index contributed by atoms with van der Waals surface area (Å²) >= 11 is 0.981. The predicted molar refractivity (Wildman–Crippen MR) is 51.3 cm³/mol. The van der Waals surface area contributed by atoms with Crippen molar-refractivity contribution < 1.29 is 8.78 Å². The summed E-state index contributed by atoms with van der Waals surface area (Å²) in [6.45, 7) is 0. The van der Waals surface area contributed by atoms with Crippen molar-refractivity contribution in [3.05, 3.63) is 40.7 Å². The fourth-order valence-electron chi connectivity index (χ4n) is 1.08. The third kappa shape index (κ3) is 1.80. The Hall–Kier alpha value is -1.29. The van der Waals surface area contributed by atoms with E-state index in [9.17, 15) is 8.78 Å². The molecule has 0 bridgehead atoms. The first-order valence-electron chi connectivity index (χ1n) is 3.97. The van der Waals surface area contributed by atoms with E-state index in [0.29, 0.717) is 5.69 Å². The molecule has 0 aliphatic rings. The van der Waals surface area contributed by atoms with Gasteiger partial charge in [-0.05, 0) is 6.07 Å². The van der Waals surface area contributed by atoms with Crippen LogP contribution < -0.4 is 0 Å². The first-order valence-corrected chi connectivity index (χ1v) is 4.85. The summed E-state index contributed by atoms with van der Waals surface area (Å²) in [5.74, 6) is 0. The van der Waals surface area contributed by atoms with Gasteiger partial charge < -0.3 is 0 Å². The van der Waals surface area contributed by atoms with Crippen LogP contribution in [0.4, 0.5) is 8.78 Å². The van der Waals surface area contributed by atoms with Gasteiger partial charge in [0.25, 0.3) is 6.43 Å². The number of thiazole rings is 1. The summed E-state index contributed by atoms with van der Waals surface area (Å²) in [4.78, 5) is 3.83. The first-order chi connectivity index (χ1) is 6.77. The molecule has 14 heavy (non-hydrogen) atoms. The van der Waals surface area contributed by atoms with E-state index in [4.69, 9.17) is 0 Å².